The van der Waals surface area contributed by atoms with Crippen molar-refractivity contribution in [1.29, 1.82) is 5.26 Å². The van der Waals surface area contributed by atoms with Crippen molar-refractivity contribution < 1.29 is 17.9 Å². The lowest BCUT2D eigenvalue weighted by molar-refractivity contribution is 0.151. The van der Waals surface area contributed by atoms with Gasteiger partial charge in [0.1, 0.15) is 0 Å². The molecule has 0 fully saturated rings. The van der Waals surface area contributed by atoms with Gasteiger partial charge in [0.15, 0.2) is 0 Å². The van der Waals surface area contributed by atoms with Crippen LogP contribution in [-0.4, -0.2) is 32.5 Å². The standard InChI is InChI=1S/C19H18N2O4S/c1-15-5-11-18(12-6-15)26(23,24)21(19(22)25-2)13-3-4-16-7-9-17(14-20)10-8-16/h3-12H,13H2,1-2H3/b4-3+. The van der Waals surface area contributed by atoms with E-state index in [1.807, 2.05) is 13.0 Å². The summed E-state index contributed by atoms with van der Waals surface area (Å²) in [4.78, 5) is 12.0. The molecule has 0 aliphatic heterocycles. The zero-order valence-electron chi connectivity index (χ0n) is 14.4. The van der Waals surface area contributed by atoms with Crippen molar-refractivity contribution in [3.63, 3.8) is 0 Å². The lowest BCUT2D eigenvalue weighted by Crippen LogP contribution is -2.37. The molecule has 0 saturated heterocycles. The van der Waals surface area contributed by atoms with Gasteiger partial charge in [0, 0.05) is 0 Å². The molecule has 7 heteroatoms. The Hall–Kier alpha value is -3.11. The van der Waals surface area contributed by atoms with Crippen molar-refractivity contribution in [3.8, 4) is 6.07 Å². The van der Waals surface area contributed by atoms with E-state index in [9.17, 15) is 13.2 Å². The first-order valence-corrected chi connectivity index (χ1v) is 9.16. The molecule has 0 aliphatic carbocycles. The summed E-state index contributed by atoms with van der Waals surface area (Å²) in [5, 5.41) is 8.79. The van der Waals surface area contributed by atoms with Crippen LogP contribution >= 0.6 is 0 Å². The number of aryl methyl sites for hydroxylation is 1. The molecule has 0 aromatic heterocycles. The first-order valence-electron chi connectivity index (χ1n) is 7.72. The Balaban J connectivity index is 2.24. The lowest BCUT2D eigenvalue weighted by Gasteiger charge is -2.19. The molecule has 6 nitrogen and oxygen atoms in total. The van der Waals surface area contributed by atoms with Gasteiger partial charge in [0.25, 0.3) is 10.0 Å². The Morgan fingerprint density at radius 3 is 2.31 bits per heavy atom. The van der Waals surface area contributed by atoms with Gasteiger partial charge in [0.05, 0.1) is 30.2 Å². The van der Waals surface area contributed by atoms with E-state index in [1.165, 1.54) is 12.1 Å². The van der Waals surface area contributed by atoms with Crippen molar-refractivity contribution >= 4 is 22.2 Å². The maximum absolute atomic E-state index is 12.7. The van der Waals surface area contributed by atoms with Gasteiger partial charge in [-0.1, -0.05) is 42.0 Å². The number of nitrogens with zero attached hydrogens (tertiary/aromatic N) is 2. The molecule has 0 aliphatic rings. The Labute approximate surface area is 153 Å². The number of hydrogen-bond acceptors (Lipinski definition) is 5. The summed E-state index contributed by atoms with van der Waals surface area (Å²) < 4.78 is 30.7. The molecule has 0 N–H and O–H groups in total. The second kappa shape index (κ2) is 8.32. The van der Waals surface area contributed by atoms with Crippen LogP contribution in [0.3, 0.4) is 0 Å². The van der Waals surface area contributed by atoms with Crippen LogP contribution in [0.25, 0.3) is 6.08 Å². The zero-order valence-corrected chi connectivity index (χ0v) is 15.2. The summed E-state index contributed by atoms with van der Waals surface area (Å²) >= 11 is 0. The average Bonchev–Trinajstić information content (AvgIpc) is 2.65. The van der Waals surface area contributed by atoms with Crippen LogP contribution in [0, 0.1) is 18.3 Å². The molecule has 0 atom stereocenters. The number of ether oxygens (including phenoxy) is 1. The topological polar surface area (TPSA) is 87.5 Å². The minimum absolute atomic E-state index is 0.0141. The highest BCUT2D eigenvalue weighted by Crippen LogP contribution is 2.17. The molecule has 2 rings (SSSR count). The molecule has 0 radical (unpaired) electrons. The van der Waals surface area contributed by atoms with Crippen molar-refractivity contribution in [2.75, 3.05) is 13.7 Å². The first kappa shape index (κ1) is 19.2. The van der Waals surface area contributed by atoms with Crippen LogP contribution in [0.4, 0.5) is 4.79 Å². The number of sulfonamides is 1. The number of hydrogen-bond donors (Lipinski definition) is 0. The minimum Gasteiger partial charge on any atom is -0.452 e. The molecule has 2 aromatic carbocycles. The van der Waals surface area contributed by atoms with Crippen molar-refractivity contribution in [1.82, 2.24) is 4.31 Å². The van der Waals surface area contributed by atoms with Crippen molar-refractivity contribution in [2.45, 2.75) is 11.8 Å². The van der Waals surface area contributed by atoms with Gasteiger partial charge >= 0.3 is 6.09 Å². The first-order chi connectivity index (χ1) is 12.4. The predicted octanol–water partition coefficient (Wildman–Crippen LogP) is 3.34. The summed E-state index contributed by atoms with van der Waals surface area (Å²) in [7, 11) is -2.90. The van der Waals surface area contributed by atoms with Gasteiger partial charge in [0.2, 0.25) is 0 Å². The summed E-state index contributed by atoms with van der Waals surface area (Å²) in [6.07, 6.45) is 2.25. The third kappa shape index (κ3) is 4.49. The molecule has 2 aromatic rings. The normalized spacial score (nSPS) is 11.1. The summed E-state index contributed by atoms with van der Waals surface area (Å²) in [5.74, 6) is 0. The summed E-state index contributed by atoms with van der Waals surface area (Å²) in [6.45, 7) is 1.66. The van der Waals surface area contributed by atoms with E-state index in [0.29, 0.717) is 9.87 Å². The monoisotopic (exact) mass is 370 g/mol. The Bertz CT molecular complexity index is 941. The smallest absolute Gasteiger partial charge is 0.423 e. The third-order valence-electron chi connectivity index (χ3n) is 3.61. The Kier molecular flexibility index (Phi) is 6.15. The second-order valence-corrected chi connectivity index (χ2v) is 7.32. The number of carbonyl (C=O) groups is 1. The highest BCUT2D eigenvalue weighted by atomic mass is 32.2. The molecule has 0 bridgehead atoms. The molecular formula is C19H18N2O4S. The summed E-state index contributed by atoms with van der Waals surface area (Å²) in [6, 6.07) is 15.0. The Morgan fingerprint density at radius 2 is 1.77 bits per heavy atom. The van der Waals surface area contributed by atoms with E-state index < -0.39 is 16.1 Å². The van der Waals surface area contributed by atoms with Gasteiger partial charge in [-0.3, -0.25) is 0 Å². The number of nitriles is 1. The lowest BCUT2D eigenvalue weighted by atomic mass is 10.1. The average molecular weight is 370 g/mol. The maximum Gasteiger partial charge on any atom is 0.423 e. The largest absolute Gasteiger partial charge is 0.452 e. The molecule has 0 heterocycles. The van der Waals surface area contributed by atoms with Crippen LogP contribution in [0.15, 0.2) is 59.5 Å². The van der Waals surface area contributed by atoms with Crippen LogP contribution < -0.4 is 0 Å². The van der Waals surface area contributed by atoms with Crippen LogP contribution in [0.1, 0.15) is 16.7 Å². The fourth-order valence-electron chi connectivity index (χ4n) is 2.16. The van der Waals surface area contributed by atoms with Crippen molar-refractivity contribution in [2.24, 2.45) is 0 Å². The molecule has 0 unspecified atom stereocenters. The number of methoxy groups -OCH3 is 1. The van der Waals surface area contributed by atoms with E-state index in [4.69, 9.17) is 5.26 Å². The van der Waals surface area contributed by atoms with E-state index in [2.05, 4.69) is 4.74 Å². The zero-order chi connectivity index (χ0) is 19.2. The highest BCUT2D eigenvalue weighted by Gasteiger charge is 2.29. The molecule has 0 saturated carbocycles. The fraction of sp³-hybridized carbons (Fsp3) is 0.158. The minimum atomic E-state index is -4.03. The van der Waals surface area contributed by atoms with E-state index in [-0.39, 0.29) is 11.4 Å². The third-order valence-corrected chi connectivity index (χ3v) is 5.35. The summed E-state index contributed by atoms with van der Waals surface area (Å²) in [5.41, 5.74) is 2.22. The molecule has 1 amide bonds. The van der Waals surface area contributed by atoms with Crippen molar-refractivity contribution in [3.05, 3.63) is 71.3 Å². The van der Waals surface area contributed by atoms with E-state index >= 15 is 0 Å². The number of benzene rings is 2. The van der Waals surface area contributed by atoms with Gasteiger partial charge in [-0.15, -0.1) is 0 Å². The van der Waals surface area contributed by atoms with Crippen LogP contribution in [0.5, 0.6) is 0 Å². The number of rotatable bonds is 5. The molecule has 26 heavy (non-hydrogen) atoms. The molecule has 0 spiro atoms. The quantitative estimate of drug-likeness (QED) is 0.805. The van der Waals surface area contributed by atoms with E-state index in [1.54, 1.807) is 48.6 Å². The molecule has 134 valence electrons. The predicted molar refractivity (Wildman–Crippen MR) is 97.7 cm³/mol. The second-order valence-electron chi connectivity index (χ2n) is 5.46. The fourth-order valence-corrected chi connectivity index (χ4v) is 3.45. The van der Waals surface area contributed by atoms with Crippen LogP contribution in [-0.2, 0) is 14.8 Å². The van der Waals surface area contributed by atoms with Gasteiger partial charge in [-0.25, -0.2) is 13.2 Å². The van der Waals surface area contributed by atoms with Gasteiger partial charge in [-0.2, -0.15) is 9.57 Å². The van der Waals surface area contributed by atoms with E-state index in [0.717, 1.165) is 18.2 Å². The van der Waals surface area contributed by atoms with Crippen LogP contribution in [0.2, 0.25) is 0 Å². The number of amides is 1. The van der Waals surface area contributed by atoms with Gasteiger partial charge < -0.3 is 4.74 Å². The highest BCUT2D eigenvalue weighted by molar-refractivity contribution is 7.89. The number of carbonyl (C=O) groups excluding carboxylic acids is 1. The maximum atomic E-state index is 12.7. The molecular weight excluding hydrogens is 352 g/mol. The van der Waals surface area contributed by atoms with Gasteiger partial charge in [-0.05, 0) is 36.8 Å². The Morgan fingerprint density at radius 1 is 1.15 bits per heavy atom. The SMILES string of the molecule is COC(=O)N(C/C=C/c1ccc(C#N)cc1)S(=O)(=O)c1ccc(C)cc1.